The van der Waals surface area contributed by atoms with E-state index < -0.39 is 5.97 Å². The summed E-state index contributed by atoms with van der Waals surface area (Å²) in [7, 11) is 0. The zero-order chi connectivity index (χ0) is 9.26. The fraction of sp³-hybridized carbons (Fsp3) is 0.200. The van der Waals surface area contributed by atoms with Crippen LogP contribution in [0.3, 0.4) is 0 Å². The third-order valence-corrected chi connectivity index (χ3v) is 2.11. The molecule has 0 fully saturated rings. The van der Waals surface area contributed by atoms with E-state index in [4.69, 9.17) is 5.11 Å². The first-order chi connectivity index (χ1) is 6.27. The summed E-state index contributed by atoms with van der Waals surface area (Å²) in [6.07, 6.45) is 10.0. The van der Waals surface area contributed by atoms with Gasteiger partial charge in [0, 0.05) is 6.42 Å². The molecule has 13 heavy (non-hydrogen) atoms. The van der Waals surface area contributed by atoms with Gasteiger partial charge in [0.15, 0.2) is 0 Å². The van der Waals surface area contributed by atoms with E-state index in [1.807, 2.05) is 30.4 Å². The predicted octanol–water partition coefficient (Wildman–Crippen LogP) is 1.34. The summed E-state index contributed by atoms with van der Waals surface area (Å²) in [4.78, 5) is 14.7. The molecular weight excluding hydrogens is 166 g/mol. The predicted molar refractivity (Wildman–Crippen MR) is 49.8 cm³/mol. The highest BCUT2D eigenvalue weighted by molar-refractivity contribution is 6.36. The Morgan fingerprint density at radius 1 is 1.54 bits per heavy atom. The lowest BCUT2D eigenvalue weighted by Gasteiger charge is -2.17. The van der Waals surface area contributed by atoms with E-state index in [-0.39, 0.29) is 11.8 Å². The van der Waals surface area contributed by atoms with E-state index in [0.717, 1.165) is 5.57 Å². The van der Waals surface area contributed by atoms with Crippen LogP contribution >= 0.6 is 0 Å². The number of dihydropyridines is 1. The number of hydrogen-bond donors (Lipinski definition) is 1. The van der Waals surface area contributed by atoms with Crippen LogP contribution in [-0.4, -0.2) is 22.8 Å². The van der Waals surface area contributed by atoms with Gasteiger partial charge < -0.3 is 5.11 Å². The van der Waals surface area contributed by atoms with Crippen LogP contribution in [0.25, 0.3) is 0 Å². The van der Waals surface area contributed by atoms with Crippen molar-refractivity contribution in [2.75, 3.05) is 0 Å². The fourth-order valence-corrected chi connectivity index (χ4v) is 1.43. The summed E-state index contributed by atoms with van der Waals surface area (Å²) in [6, 6.07) is -0.0788. The molecule has 0 spiro atoms. The van der Waals surface area contributed by atoms with Gasteiger partial charge in [-0.3, -0.25) is 4.99 Å². The molecule has 3 nitrogen and oxygen atoms in total. The van der Waals surface area contributed by atoms with E-state index in [1.54, 1.807) is 0 Å². The molecule has 2 aliphatic rings. The summed E-state index contributed by atoms with van der Waals surface area (Å²) in [6.45, 7) is 0. The van der Waals surface area contributed by atoms with Crippen molar-refractivity contribution in [1.29, 1.82) is 0 Å². The second kappa shape index (κ2) is 3.01. The van der Waals surface area contributed by atoms with Gasteiger partial charge in [-0.1, -0.05) is 30.4 Å². The molecule has 1 N–H and O–H groups in total. The molecule has 0 aromatic heterocycles. The van der Waals surface area contributed by atoms with Crippen molar-refractivity contribution in [2.24, 2.45) is 4.99 Å². The second-order valence-electron chi connectivity index (χ2n) is 2.98. The standard InChI is InChI=1S/C10H9NO2/c12-10(13)9-6-5-7-3-1-2-4-8(7)11-9/h1-5,8H,6H2,(H,12,13). The Balaban J connectivity index is 2.27. The zero-order valence-electron chi connectivity index (χ0n) is 6.97. The van der Waals surface area contributed by atoms with E-state index in [1.165, 1.54) is 0 Å². The molecule has 0 aromatic carbocycles. The van der Waals surface area contributed by atoms with Crippen molar-refractivity contribution in [3.05, 3.63) is 36.0 Å². The first-order valence-corrected chi connectivity index (χ1v) is 4.12. The van der Waals surface area contributed by atoms with Crippen LogP contribution in [0.5, 0.6) is 0 Å². The first kappa shape index (κ1) is 7.98. The van der Waals surface area contributed by atoms with Crippen molar-refractivity contribution in [1.82, 2.24) is 0 Å². The molecule has 0 amide bonds. The molecule has 1 atom stereocenters. The highest BCUT2D eigenvalue weighted by Crippen LogP contribution is 2.20. The topological polar surface area (TPSA) is 49.7 Å². The van der Waals surface area contributed by atoms with Crippen molar-refractivity contribution in [2.45, 2.75) is 12.5 Å². The molecule has 0 saturated heterocycles. The molecule has 0 saturated carbocycles. The van der Waals surface area contributed by atoms with Crippen LogP contribution in [0, 0.1) is 0 Å². The monoisotopic (exact) mass is 175 g/mol. The smallest absolute Gasteiger partial charge is 0.350 e. The molecule has 0 bridgehead atoms. The van der Waals surface area contributed by atoms with Gasteiger partial charge >= 0.3 is 5.97 Å². The van der Waals surface area contributed by atoms with Crippen molar-refractivity contribution in [3.8, 4) is 0 Å². The van der Waals surface area contributed by atoms with Crippen LogP contribution in [0.4, 0.5) is 0 Å². The Hall–Kier alpha value is -1.64. The van der Waals surface area contributed by atoms with Gasteiger partial charge in [0.25, 0.3) is 0 Å². The molecular formula is C10H9NO2. The summed E-state index contributed by atoms with van der Waals surface area (Å²) in [5, 5.41) is 8.73. The molecule has 1 aliphatic heterocycles. The Bertz CT molecular complexity index is 361. The first-order valence-electron chi connectivity index (χ1n) is 4.12. The summed E-state index contributed by atoms with van der Waals surface area (Å²) in [5.74, 6) is -0.918. The maximum atomic E-state index is 10.6. The average molecular weight is 175 g/mol. The molecule has 0 aromatic rings. The minimum absolute atomic E-state index is 0.0788. The fourth-order valence-electron chi connectivity index (χ4n) is 1.43. The van der Waals surface area contributed by atoms with Crippen molar-refractivity contribution >= 4 is 11.7 Å². The minimum Gasteiger partial charge on any atom is -0.477 e. The van der Waals surface area contributed by atoms with Gasteiger partial charge in [-0.2, -0.15) is 0 Å². The lowest BCUT2D eigenvalue weighted by Crippen LogP contribution is -2.21. The van der Waals surface area contributed by atoms with Gasteiger partial charge in [0.2, 0.25) is 0 Å². The quantitative estimate of drug-likeness (QED) is 0.653. The highest BCUT2D eigenvalue weighted by atomic mass is 16.4. The van der Waals surface area contributed by atoms with E-state index in [0.29, 0.717) is 6.42 Å². The lowest BCUT2D eigenvalue weighted by atomic mass is 9.97. The van der Waals surface area contributed by atoms with Crippen molar-refractivity contribution in [3.63, 3.8) is 0 Å². The highest BCUT2D eigenvalue weighted by Gasteiger charge is 2.19. The van der Waals surface area contributed by atoms with Crippen LogP contribution in [0.15, 0.2) is 40.9 Å². The minimum atomic E-state index is -0.918. The lowest BCUT2D eigenvalue weighted by molar-refractivity contribution is -0.129. The SMILES string of the molecule is O=C(O)C1=NC2C=CC=CC2=CC1. The summed E-state index contributed by atoms with van der Waals surface area (Å²) >= 11 is 0. The number of carbonyl (C=O) groups is 1. The van der Waals surface area contributed by atoms with Crippen LogP contribution in [-0.2, 0) is 4.79 Å². The Morgan fingerprint density at radius 2 is 2.38 bits per heavy atom. The Kier molecular flexibility index (Phi) is 1.85. The zero-order valence-corrected chi connectivity index (χ0v) is 6.97. The summed E-state index contributed by atoms with van der Waals surface area (Å²) < 4.78 is 0. The number of nitrogens with zero attached hydrogens (tertiary/aromatic N) is 1. The molecule has 1 unspecified atom stereocenters. The van der Waals surface area contributed by atoms with E-state index >= 15 is 0 Å². The summed E-state index contributed by atoms with van der Waals surface area (Å²) in [5.41, 5.74) is 1.33. The number of carboxylic acids is 1. The van der Waals surface area contributed by atoms with Gasteiger partial charge in [-0.05, 0) is 5.57 Å². The van der Waals surface area contributed by atoms with Gasteiger partial charge in [-0.25, -0.2) is 4.79 Å². The van der Waals surface area contributed by atoms with Gasteiger partial charge in [0.05, 0.1) is 6.04 Å². The number of allylic oxidation sites excluding steroid dienone is 3. The van der Waals surface area contributed by atoms with Crippen LogP contribution < -0.4 is 0 Å². The molecule has 1 heterocycles. The molecule has 1 aliphatic carbocycles. The second-order valence-corrected chi connectivity index (χ2v) is 2.98. The van der Waals surface area contributed by atoms with Gasteiger partial charge in [0.1, 0.15) is 5.71 Å². The molecule has 0 radical (unpaired) electrons. The van der Waals surface area contributed by atoms with Crippen LogP contribution in [0.1, 0.15) is 6.42 Å². The number of carboxylic acid groups (broad SMARTS) is 1. The number of hydrogen-bond acceptors (Lipinski definition) is 2. The van der Waals surface area contributed by atoms with Gasteiger partial charge in [-0.15, -0.1) is 0 Å². The molecule has 3 heteroatoms. The van der Waals surface area contributed by atoms with Crippen LogP contribution in [0.2, 0.25) is 0 Å². The molecule has 66 valence electrons. The number of rotatable bonds is 1. The third-order valence-electron chi connectivity index (χ3n) is 2.11. The van der Waals surface area contributed by atoms with Crippen molar-refractivity contribution < 1.29 is 9.90 Å². The number of fused-ring (bicyclic) bond motifs is 1. The maximum absolute atomic E-state index is 10.6. The Morgan fingerprint density at radius 3 is 3.15 bits per heavy atom. The molecule has 2 rings (SSSR count). The number of aliphatic carboxylic acids is 1. The number of aliphatic imine (C=N–C) groups is 1. The average Bonchev–Trinajstić information content (AvgIpc) is 2.17. The Labute approximate surface area is 75.8 Å². The van der Waals surface area contributed by atoms with E-state index in [2.05, 4.69) is 4.99 Å². The van der Waals surface area contributed by atoms with E-state index in [9.17, 15) is 4.79 Å². The third kappa shape index (κ3) is 1.45. The normalized spacial score (nSPS) is 24.8. The maximum Gasteiger partial charge on any atom is 0.350 e. The largest absolute Gasteiger partial charge is 0.477 e.